The molecule has 1 atom stereocenters. The fourth-order valence-corrected chi connectivity index (χ4v) is 2.69. The topological polar surface area (TPSA) is 80.5 Å². The lowest BCUT2D eigenvalue weighted by Gasteiger charge is -2.31. The van der Waals surface area contributed by atoms with Gasteiger partial charge in [0.15, 0.2) is 0 Å². The first kappa shape index (κ1) is 15.2. The number of carbonyl (C=O) groups excluding carboxylic acids is 2. The summed E-state index contributed by atoms with van der Waals surface area (Å²) in [7, 11) is 0. The molecular weight excluding hydrogens is 272 g/mol. The van der Waals surface area contributed by atoms with Gasteiger partial charge in [-0.15, -0.1) is 0 Å². The molecule has 1 unspecified atom stereocenters. The number of hydrogen-bond donors (Lipinski definition) is 0. The van der Waals surface area contributed by atoms with Crippen molar-refractivity contribution in [2.24, 2.45) is 5.92 Å². The largest absolute Gasteiger partial charge is 0.337 e. The van der Waals surface area contributed by atoms with Crippen LogP contribution in [0.25, 0.3) is 0 Å². The van der Waals surface area contributed by atoms with Crippen molar-refractivity contribution in [3.05, 3.63) is 39.4 Å². The fraction of sp³-hybridized carbons (Fsp3) is 0.467. The van der Waals surface area contributed by atoms with Crippen molar-refractivity contribution in [3.63, 3.8) is 0 Å². The first-order valence-electron chi connectivity index (χ1n) is 7.01. The molecule has 2 rings (SSSR count). The Labute approximate surface area is 122 Å². The Morgan fingerprint density at radius 2 is 2.19 bits per heavy atom. The van der Waals surface area contributed by atoms with Crippen LogP contribution in [-0.4, -0.2) is 34.6 Å². The van der Waals surface area contributed by atoms with Gasteiger partial charge in [0, 0.05) is 31.5 Å². The van der Waals surface area contributed by atoms with Gasteiger partial charge in [-0.2, -0.15) is 0 Å². The molecule has 0 spiro atoms. The molecule has 0 aliphatic carbocycles. The predicted octanol–water partition coefficient (Wildman–Crippen LogP) is 2.34. The number of amides is 1. The second kappa shape index (κ2) is 6.03. The molecule has 1 aromatic rings. The average Bonchev–Trinajstić information content (AvgIpc) is 2.46. The van der Waals surface area contributed by atoms with E-state index in [2.05, 4.69) is 0 Å². The van der Waals surface area contributed by atoms with Gasteiger partial charge in [0.1, 0.15) is 11.3 Å². The third-order valence-electron chi connectivity index (χ3n) is 3.97. The van der Waals surface area contributed by atoms with Gasteiger partial charge < -0.3 is 4.90 Å². The van der Waals surface area contributed by atoms with Crippen LogP contribution >= 0.6 is 0 Å². The Bertz CT molecular complexity index is 597. The highest BCUT2D eigenvalue weighted by atomic mass is 16.6. The van der Waals surface area contributed by atoms with Crippen LogP contribution in [0.1, 0.15) is 35.7 Å². The van der Waals surface area contributed by atoms with Gasteiger partial charge in [0.25, 0.3) is 11.6 Å². The maximum absolute atomic E-state index is 12.6. The molecule has 6 heteroatoms. The molecule has 1 saturated heterocycles. The quantitative estimate of drug-likeness (QED) is 0.632. The van der Waals surface area contributed by atoms with Gasteiger partial charge in [0.05, 0.1) is 4.92 Å². The molecule has 0 radical (unpaired) electrons. The van der Waals surface area contributed by atoms with Crippen molar-refractivity contribution >= 4 is 17.4 Å². The summed E-state index contributed by atoms with van der Waals surface area (Å²) >= 11 is 0. The molecule has 1 amide bonds. The number of ketones is 1. The van der Waals surface area contributed by atoms with Crippen LogP contribution in [0.2, 0.25) is 0 Å². The Kier molecular flexibility index (Phi) is 4.35. The number of rotatable bonds is 3. The van der Waals surface area contributed by atoms with Crippen molar-refractivity contribution in [1.82, 2.24) is 4.90 Å². The van der Waals surface area contributed by atoms with E-state index in [1.54, 1.807) is 24.0 Å². The molecule has 1 fully saturated rings. The third-order valence-corrected chi connectivity index (χ3v) is 3.97. The lowest BCUT2D eigenvalue weighted by Crippen LogP contribution is -2.44. The molecule has 0 saturated carbocycles. The standard InChI is InChI=1S/C15H18N2O4/c1-3-11-9-16(8-7-13(11)18)15(19)14-10(2)5-4-6-12(14)17(20)21/h4-6,11H,3,7-9H2,1-2H3. The van der Waals surface area contributed by atoms with Gasteiger partial charge in [-0.05, 0) is 18.9 Å². The van der Waals surface area contributed by atoms with Crippen LogP contribution in [0.15, 0.2) is 18.2 Å². The first-order chi connectivity index (χ1) is 9.95. The number of hydrogen-bond acceptors (Lipinski definition) is 4. The molecule has 1 heterocycles. The summed E-state index contributed by atoms with van der Waals surface area (Å²) in [6.45, 7) is 4.28. The normalized spacial score (nSPS) is 18.7. The van der Waals surface area contributed by atoms with Crippen molar-refractivity contribution in [2.75, 3.05) is 13.1 Å². The fourth-order valence-electron chi connectivity index (χ4n) is 2.69. The zero-order chi connectivity index (χ0) is 15.6. The molecular formula is C15H18N2O4. The van der Waals surface area contributed by atoms with Gasteiger partial charge in [-0.25, -0.2) is 0 Å². The van der Waals surface area contributed by atoms with Crippen molar-refractivity contribution in [2.45, 2.75) is 26.7 Å². The van der Waals surface area contributed by atoms with Crippen molar-refractivity contribution in [1.29, 1.82) is 0 Å². The van der Waals surface area contributed by atoms with E-state index in [-0.39, 0.29) is 28.9 Å². The molecule has 6 nitrogen and oxygen atoms in total. The summed E-state index contributed by atoms with van der Waals surface area (Å²) in [6, 6.07) is 4.60. The molecule has 0 aromatic heterocycles. The van der Waals surface area contributed by atoms with Gasteiger partial charge in [0.2, 0.25) is 0 Å². The highest BCUT2D eigenvalue weighted by Crippen LogP contribution is 2.26. The number of likely N-dealkylation sites (tertiary alicyclic amines) is 1. The van der Waals surface area contributed by atoms with E-state index < -0.39 is 4.92 Å². The number of carbonyl (C=O) groups is 2. The van der Waals surface area contributed by atoms with Crippen molar-refractivity contribution in [3.8, 4) is 0 Å². The highest BCUT2D eigenvalue weighted by molar-refractivity contribution is 6.00. The molecule has 1 aromatic carbocycles. The highest BCUT2D eigenvalue weighted by Gasteiger charge is 2.32. The van der Waals surface area contributed by atoms with Crippen molar-refractivity contribution < 1.29 is 14.5 Å². The van der Waals surface area contributed by atoms with E-state index in [9.17, 15) is 19.7 Å². The van der Waals surface area contributed by atoms with E-state index in [0.717, 1.165) is 0 Å². The number of piperidine rings is 1. The smallest absolute Gasteiger partial charge is 0.282 e. The summed E-state index contributed by atoms with van der Waals surface area (Å²) in [4.78, 5) is 36.5. The summed E-state index contributed by atoms with van der Waals surface area (Å²) in [5.74, 6) is -0.350. The van der Waals surface area contributed by atoms with Crippen LogP contribution in [0, 0.1) is 23.0 Å². The minimum atomic E-state index is -0.535. The lowest BCUT2D eigenvalue weighted by molar-refractivity contribution is -0.385. The Morgan fingerprint density at radius 1 is 1.48 bits per heavy atom. The number of benzene rings is 1. The summed E-state index contributed by atoms with van der Waals surface area (Å²) in [5, 5.41) is 11.1. The van der Waals surface area contributed by atoms with E-state index >= 15 is 0 Å². The maximum Gasteiger partial charge on any atom is 0.282 e. The van der Waals surface area contributed by atoms with Crippen LogP contribution in [0.3, 0.4) is 0 Å². The third kappa shape index (κ3) is 2.94. The van der Waals surface area contributed by atoms with E-state index in [0.29, 0.717) is 31.5 Å². The Morgan fingerprint density at radius 3 is 2.81 bits per heavy atom. The molecule has 112 valence electrons. The van der Waals surface area contributed by atoms with Crippen LogP contribution in [0.5, 0.6) is 0 Å². The molecule has 0 N–H and O–H groups in total. The van der Waals surface area contributed by atoms with Gasteiger partial charge in [-0.3, -0.25) is 19.7 Å². The van der Waals surface area contributed by atoms with E-state index in [1.165, 1.54) is 6.07 Å². The summed E-state index contributed by atoms with van der Waals surface area (Å²) < 4.78 is 0. The molecule has 21 heavy (non-hydrogen) atoms. The summed E-state index contributed by atoms with van der Waals surface area (Å²) in [6.07, 6.45) is 1.00. The van der Waals surface area contributed by atoms with E-state index in [4.69, 9.17) is 0 Å². The maximum atomic E-state index is 12.6. The number of nitro groups is 1. The monoisotopic (exact) mass is 290 g/mol. The van der Waals surface area contributed by atoms with Crippen LogP contribution in [-0.2, 0) is 4.79 Å². The summed E-state index contributed by atoms with van der Waals surface area (Å²) in [5.41, 5.74) is 0.538. The zero-order valence-electron chi connectivity index (χ0n) is 12.2. The number of nitro benzene ring substituents is 1. The van der Waals surface area contributed by atoms with Gasteiger partial charge in [-0.1, -0.05) is 19.1 Å². The van der Waals surface area contributed by atoms with Crippen LogP contribution in [0.4, 0.5) is 5.69 Å². The number of nitrogens with zero attached hydrogens (tertiary/aromatic N) is 2. The molecule has 0 bridgehead atoms. The molecule has 1 aliphatic rings. The van der Waals surface area contributed by atoms with E-state index in [1.807, 2.05) is 6.92 Å². The number of aryl methyl sites for hydroxylation is 1. The first-order valence-corrected chi connectivity index (χ1v) is 7.01. The SMILES string of the molecule is CCC1CN(C(=O)c2c(C)cccc2[N+](=O)[O-])CCC1=O. The average molecular weight is 290 g/mol. The lowest BCUT2D eigenvalue weighted by atomic mass is 9.93. The minimum absolute atomic E-state index is 0.131. The second-order valence-electron chi connectivity index (χ2n) is 5.30. The van der Waals surface area contributed by atoms with Crippen LogP contribution < -0.4 is 0 Å². The minimum Gasteiger partial charge on any atom is -0.337 e. The molecule has 1 aliphatic heterocycles. The Hall–Kier alpha value is -2.24. The van der Waals surface area contributed by atoms with Gasteiger partial charge >= 0.3 is 0 Å². The second-order valence-corrected chi connectivity index (χ2v) is 5.30. The Balaban J connectivity index is 2.33. The zero-order valence-corrected chi connectivity index (χ0v) is 12.2. The number of Topliss-reactive ketones (excluding diaryl/α,β-unsaturated/α-hetero) is 1. The predicted molar refractivity (Wildman–Crippen MR) is 77.1 cm³/mol.